The van der Waals surface area contributed by atoms with Crippen LogP contribution in [0.5, 0.6) is 5.75 Å². The minimum atomic E-state index is -0.238. The van der Waals surface area contributed by atoms with Crippen LogP contribution >= 0.6 is 11.6 Å². The van der Waals surface area contributed by atoms with Crippen LogP contribution in [0.1, 0.15) is 17.1 Å². The lowest BCUT2D eigenvalue weighted by Crippen LogP contribution is -2.37. The zero-order valence-electron chi connectivity index (χ0n) is 12.6. The van der Waals surface area contributed by atoms with E-state index in [1.165, 1.54) is 0 Å². The molecule has 0 aliphatic carbocycles. The number of carbonyl (C=O) groups excluding carboxylic acids is 1. The highest BCUT2D eigenvalue weighted by Crippen LogP contribution is 2.15. The predicted molar refractivity (Wildman–Crippen MR) is 85.4 cm³/mol. The Kier molecular flexibility index (Phi) is 5.72. The molecule has 2 amide bonds. The fourth-order valence-electron chi connectivity index (χ4n) is 1.96. The fraction of sp³-hybridized carbons (Fsp3) is 0.312. The van der Waals surface area contributed by atoms with Crippen molar-refractivity contribution in [2.75, 3.05) is 13.2 Å². The fourth-order valence-corrected chi connectivity index (χ4v) is 2.09. The van der Waals surface area contributed by atoms with Gasteiger partial charge in [-0.1, -0.05) is 11.6 Å². The number of benzene rings is 1. The van der Waals surface area contributed by atoms with Gasteiger partial charge in [-0.15, -0.1) is 0 Å². The van der Waals surface area contributed by atoms with Gasteiger partial charge in [0, 0.05) is 17.1 Å². The molecule has 0 bridgehead atoms. The summed E-state index contributed by atoms with van der Waals surface area (Å²) >= 11 is 5.78. The summed E-state index contributed by atoms with van der Waals surface area (Å²) in [7, 11) is 0. The summed E-state index contributed by atoms with van der Waals surface area (Å²) in [6.07, 6.45) is 0. The number of hydrogen-bond acceptors (Lipinski definition) is 3. The summed E-state index contributed by atoms with van der Waals surface area (Å²) < 4.78 is 10.9. The number of hydrogen-bond donors (Lipinski definition) is 2. The van der Waals surface area contributed by atoms with E-state index < -0.39 is 0 Å². The average Bonchev–Trinajstić information content (AvgIpc) is 2.81. The second-order valence-corrected chi connectivity index (χ2v) is 5.29. The van der Waals surface area contributed by atoms with Crippen LogP contribution in [0.3, 0.4) is 0 Å². The summed E-state index contributed by atoms with van der Waals surface area (Å²) in [5, 5.41) is 6.17. The highest BCUT2D eigenvalue weighted by atomic mass is 35.5. The van der Waals surface area contributed by atoms with Gasteiger partial charge in [0.05, 0.1) is 6.54 Å². The minimum Gasteiger partial charge on any atom is -0.492 e. The number of urea groups is 1. The Morgan fingerprint density at radius 2 is 1.95 bits per heavy atom. The molecule has 5 nitrogen and oxygen atoms in total. The normalized spacial score (nSPS) is 10.3. The van der Waals surface area contributed by atoms with Crippen molar-refractivity contribution in [3.05, 3.63) is 52.4 Å². The van der Waals surface area contributed by atoms with Gasteiger partial charge < -0.3 is 19.8 Å². The molecule has 1 aromatic heterocycles. The van der Waals surface area contributed by atoms with Gasteiger partial charge in [0.1, 0.15) is 23.9 Å². The summed E-state index contributed by atoms with van der Waals surface area (Å²) in [6.45, 7) is 5.00. The summed E-state index contributed by atoms with van der Waals surface area (Å²) in [5.41, 5.74) is 0.977. The summed E-state index contributed by atoms with van der Waals surface area (Å²) in [4.78, 5) is 11.7. The van der Waals surface area contributed by atoms with E-state index in [9.17, 15) is 4.79 Å². The molecule has 0 radical (unpaired) electrons. The Bertz CT molecular complexity index is 623. The van der Waals surface area contributed by atoms with Crippen molar-refractivity contribution in [3.63, 3.8) is 0 Å². The van der Waals surface area contributed by atoms with E-state index >= 15 is 0 Å². The summed E-state index contributed by atoms with van der Waals surface area (Å²) in [6, 6.07) is 8.76. The van der Waals surface area contributed by atoms with Crippen LogP contribution in [0, 0.1) is 13.8 Å². The highest BCUT2D eigenvalue weighted by Gasteiger charge is 2.06. The number of halogens is 1. The largest absolute Gasteiger partial charge is 0.492 e. The molecule has 0 saturated carbocycles. The van der Waals surface area contributed by atoms with Crippen LogP contribution in [-0.2, 0) is 6.54 Å². The molecule has 2 aromatic rings. The molecule has 0 spiro atoms. The molecule has 0 unspecified atom stereocenters. The van der Waals surface area contributed by atoms with Crippen LogP contribution in [0.2, 0.25) is 5.02 Å². The molecular formula is C16H19ClN2O3. The van der Waals surface area contributed by atoms with Gasteiger partial charge in [0.25, 0.3) is 0 Å². The van der Waals surface area contributed by atoms with Crippen LogP contribution in [0.4, 0.5) is 4.79 Å². The van der Waals surface area contributed by atoms with E-state index in [4.69, 9.17) is 20.8 Å². The second kappa shape index (κ2) is 7.75. The molecule has 22 heavy (non-hydrogen) atoms. The molecule has 2 rings (SSSR count). The molecule has 1 aromatic carbocycles. The van der Waals surface area contributed by atoms with Gasteiger partial charge in [0.15, 0.2) is 0 Å². The minimum absolute atomic E-state index is 0.238. The lowest BCUT2D eigenvalue weighted by atomic mass is 10.2. The summed E-state index contributed by atoms with van der Waals surface area (Å²) in [5.74, 6) is 2.38. The first-order chi connectivity index (χ1) is 10.5. The van der Waals surface area contributed by atoms with E-state index in [0.29, 0.717) is 24.7 Å². The van der Waals surface area contributed by atoms with Crippen molar-refractivity contribution in [1.29, 1.82) is 0 Å². The molecular weight excluding hydrogens is 304 g/mol. The third-order valence-corrected chi connectivity index (χ3v) is 3.31. The molecule has 118 valence electrons. The van der Waals surface area contributed by atoms with Gasteiger partial charge in [-0.05, 0) is 44.2 Å². The van der Waals surface area contributed by atoms with Crippen LogP contribution in [0.15, 0.2) is 34.7 Å². The quantitative estimate of drug-likeness (QED) is 0.801. The Labute approximate surface area is 134 Å². The van der Waals surface area contributed by atoms with Crippen molar-refractivity contribution in [2.24, 2.45) is 0 Å². The molecule has 0 saturated heterocycles. The number of aryl methyl sites for hydroxylation is 2. The molecule has 0 aliphatic rings. The number of furan rings is 1. The molecule has 0 fully saturated rings. The number of rotatable bonds is 6. The van der Waals surface area contributed by atoms with Gasteiger partial charge >= 0.3 is 6.03 Å². The standard InChI is InChI=1S/C16H19ClN2O3/c1-11-9-13(12(2)22-11)10-19-16(20)18-7-8-21-15-5-3-14(17)4-6-15/h3-6,9H,7-8,10H2,1-2H3,(H2,18,19,20). The van der Waals surface area contributed by atoms with Crippen molar-refractivity contribution < 1.29 is 13.9 Å². The lowest BCUT2D eigenvalue weighted by molar-refractivity contribution is 0.236. The van der Waals surface area contributed by atoms with E-state index in [-0.39, 0.29) is 6.03 Å². The van der Waals surface area contributed by atoms with E-state index in [1.807, 2.05) is 19.9 Å². The Morgan fingerprint density at radius 1 is 1.23 bits per heavy atom. The van der Waals surface area contributed by atoms with Crippen LogP contribution < -0.4 is 15.4 Å². The maximum absolute atomic E-state index is 11.7. The van der Waals surface area contributed by atoms with Crippen molar-refractivity contribution >= 4 is 17.6 Å². The molecule has 0 atom stereocenters. The first-order valence-electron chi connectivity index (χ1n) is 7.00. The smallest absolute Gasteiger partial charge is 0.315 e. The van der Waals surface area contributed by atoms with E-state index in [0.717, 1.165) is 22.8 Å². The molecule has 1 heterocycles. The van der Waals surface area contributed by atoms with Gasteiger partial charge in [-0.2, -0.15) is 0 Å². The Morgan fingerprint density at radius 3 is 2.59 bits per heavy atom. The number of amides is 2. The first kappa shape index (κ1) is 16.2. The lowest BCUT2D eigenvalue weighted by Gasteiger charge is -2.09. The zero-order valence-corrected chi connectivity index (χ0v) is 13.4. The molecule has 2 N–H and O–H groups in total. The third-order valence-electron chi connectivity index (χ3n) is 3.05. The number of carbonyl (C=O) groups is 1. The SMILES string of the molecule is Cc1cc(CNC(=O)NCCOc2ccc(Cl)cc2)c(C)o1. The van der Waals surface area contributed by atoms with Gasteiger partial charge in [0.2, 0.25) is 0 Å². The van der Waals surface area contributed by atoms with Gasteiger partial charge in [-0.3, -0.25) is 0 Å². The molecule has 6 heteroatoms. The Hall–Kier alpha value is -2.14. The molecule has 0 aliphatic heterocycles. The Balaban J connectivity index is 1.63. The highest BCUT2D eigenvalue weighted by molar-refractivity contribution is 6.30. The van der Waals surface area contributed by atoms with E-state index in [2.05, 4.69) is 10.6 Å². The van der Waals surface area contributed by atoms with E-state index in [1.54, 1.807) is 24.3 Å². The maximum Gasteiger partial charge on any atom is 0.315 e. The van der Waals surface area contributed by atoms with Crippen molar-refractivity contribution in [2.45, 2.75) is 20.4 Å². The average molecular weight is 323 g/mol. The maximum atomic E-state index is 11.7. The van der Waals surface area contributed by atoms with Crippen molar-refractivity contribution in [1.82, 2.24) is 10.6 Å². The monoisotopic (exact) mass is 322 g/mol. The topological polar surface area (TPSA) is 63.5 Å². The second-order valence-electron chi connectivity index (χ2n) is 4.85. The van der Waals surface area contributed by atoms with Gasteiger partial charge in [-0.25, -0.2) is 4.79 Å². The predicted octanol–water partition coefficient (Wildman–Crippen LogP) is 3.43. The third kappa shape index (κ3) is 5.00. The van der Waals surface area contributed by atoms with Crippen LogP contribution in [-0.4, -0.2) is 19.2 Å². The van der Waals surface area contributed by atoms with Crippen molar-refractivity contribution in [3.8, 4) is 5.75 Å². The first-order valence-corrected chi connectivity index (χ1v) is 7.38. The zero-order chi connectivity index (χ0) is 15.9. The number of ether oxygens (including phenoxy) is 1. The van der Waals surface area contributed by atoms with Crippen LogP contribution in [0.25, 0.3) is 0 Å². The number of nitrogens with one attached hydrogen (secondary N) is 2.